The number of rotatable bonds is 2. The van der Waals surface area contributed by atoms with Gasteiger partial charge in [0.2, 0.25) is 0 Å². The fourth-order valence-corrected chi connectivity index (χ4v) is 2.84. The first-order chi connectivity index (χ1) is 9.50. The molecule has 1 heterocycles. The quantitative estimate of drug-likeness (QED) is 0.484. The first kappa shape index (κ1) is 21.6. The summed E-state index contributed by atoms with van der Waals surface area (Å²) >= 11 is 13.3. The second kappa shape index (κ2) is 10.4. The van der Waals surface area contributed by atoms with Crippen molar-refractivity contribution in [1.82, 2.24) is 0 Å². The van der Waals surface area contributed by atoms with Crippen LogP contribution in [0.15, 0.2) is 34.7 Å². The Bertz CT molecular complexity index is 590. The van der Waals surface area contributed by atoms with E-state index in [4.69, 9.17) is 28.6 Å². The Hall–Kier alpha value is 0.606. The molecule has 0 amide bonds. The summed E-state index contributed by atoms with van der Waals surface area (Å²) in [5.74, 6) is -0.110. The van der Waals surface area contributed by atoms with Gasteiger partial charge < -0.3 is 10.5 Å². The number of halogens is 2. The van der Waals surface area contributed by atoms with Gasteiger partial charge in [-0.05, 0) is 29.5 Å². The second-order valence-electron chi connectivity index (χ2n) is 3.87. The normalized spacial score (nSPS) is 16.7. The number of thiophene rings is 1. The van der Waals surface area contributed by atoms with E-state index in [0.717, 1.165) is 5.57 Å². The van der Waals surface area contributed by atoms with E-state index in [2.05, 4.69) is 0 Å². The molecule has 0 saturated carbocycles. The monoisotopic (exact) mass is 367 g/mol. The van der Waals surface area contributed by atoms with Crippen LogP contribution in [-0.4, -0.2) is 11.1 Å². The summed E-state index contributed by atoms with van der Waals surface area (Å²) in [6, 6.07) is 0. The predicted octanol–water partition coefficient (Wildman–Crippen LogP) is 1.92. The van der Waals surface area contributed by atoms with Crippen molar-refractivity contribution in [2.75, 3.05) is 0 Å². The summed E-state index contributed by atoms with van der Waals surface area (Å²) in [6.45, 7) is 5.61. The van der Waals surface area contributed by atoms with Gasteiger partial charge in [-0.1, -0.05) is 49.4 Å². The molecule has 0 spiro atoms. The standard InChI is InChI=1S/C13H11Cl2NOS.C2H6.K/c1-7(16)9-6-18-13(12(9)17)8-2-4-10(14)11(15)5-3-8;1-2;/h2-6,10,16-17H,1H3;1-2H3;/q;;+1/p-1. The average Bonchev–Trinajstić information content (AvgIpc) is 2.74. The molecule has 1 aliphatic rings. The van der Waals surface area contributed by atoms with Crippen molar-refractivity contribution < 1.29 is 56.5 Å². The van der Waals surface area contributed by atoms with Crippen LogP contribution in [0.4, 0.5) is 0 Å². The Morgan fingerprint density at radius 3 is 2.48 bits per heavy atom. The van der Waals surface area contributed by atoms with Crippen LogP contribution in [0.5, 0.6) is 5.75 Å². The largest absolute Gasteiger partial charge is 1.00 e. The molecule has 1 unspecified atom stereocenters. The van der Waals surface area contributed by atoms with Crippen molar-refractivity contribution in [3.8, 4) is 5.75 Å². The zero-order valence-electron chi connectivity index (χ0n) is 12.5. The molecule has 1 atom stereocenters. The molecule has 108 valence electrons. The van der Waals surface area contributed by atoms with Crippen LogP contribution >= 0.6 is 34.5 Å². The van der Waals surface area contributed by atoms with E-state index in [9.17, 15) is 5.11 Å². The summed E-state index contributed by atoms with van der Waals surface area (Å²) < 4.78 is 0. The van der Waals surface area contributed by atoms with Crippen LogP contribution in [0.1, 0.15) is 31.2 Å². The van der Waals surface area contributed by atoms with Crippen molar-refractivity contribution in [1.29, 1.82) is 5.41 Å². The SMILES string of the molecule is CC.CC(=N)c1csc(C2=CC=C(Cl)C(Cl)C=C2)c1[O-].[K+]. The third-order valence-electron chi connectivity index (χ3n) is 2.54. The van der Waals surface area contributed by atoms with Crippen molar-refractivity contribution in [2.24, 2.45) is 0 Å². The van der Waals surface area contributed by atoms with E-state index in [-0.39, 0.29) is 68.2 Å². The topological polar surface area (TPSA) is 46.9 Å². The second-order valence-corrected chi connectivity index (χ2v) is 5.65. The molecule has 0 fully saturated rings. The molecule has 2 rings (SSSR count). The molecule has 1 aromatic rings. The Balaban J connectivity index is 0.00000128. The molecule has 1 aromatic heterocycles. The fraction of sp³-hybridized carbons (Fsp3) is 0.267. The smallest absolute Gasteiger partial charge is 0.871 e. The molecular formula is C15H16Cl2KNOS. The van der Waals surface area contributed by atoms with Crippen LogP contribution < -0.4 is 56.5 Å². The molecule has 2 nitrogen and oxygen atoms in total. The number of hydrogen-bond acceptors (Lipinski definition) is 3. The van der Waals surface area contributed by atoms with E-state index in [1.165, 1.54) is 11.3 Å². The zero-order valence-corrected chi connectivity index (χ0v) is 18.0. The van der Waals surface area contributed by atoms with Gasteiger partial charge in [0, 0.05) is 15.6 Å². The maximum absolute atomic E-state index is 12.1. The van der Waals surface area contributed by atoms with Crippen LogP contribution in [-0.2, 0) is 0 Å². The van der Waals surface area contributed by atoms with Gasteiger partial charge in [-0.2, -0.15) is 0 Å². The molecule has 1 aliphatic carbocycles. The van der Waals surface area contributed by atoms with Crippen molar-refractivity contribution in [2.45, 2.75) is 26.1 Å². The third kappa shape index (κ3) is 5.63. The minimum atomic E-state index is -0.362. The van der Waals surface area contributed by atoms with E-state index in [1.54, 1.807) is 36.6 Å². The molecule has 0 aromatic carbocycles. The third-order valence-corrected chi connectivity index (χ3v) is 4.41. The summed E-state index contributed by atoms with van der Waals surface area (Å²) in [6.07, 6.45) is 7.01. The molecule has 0 radical (unpaired) electrons. The maximum Gasteiger partial charge on any atom is 1.00 e. The van der Waals surface area contributed by atoms with Crippen LogP contribution in [0.3, 0.4) is 0 Å². The molecular weight excluding hydrogens is 352 g/mol. The van der Waals surface area contributed by atoms with Gasteiger partial charge >= 0.3 is 51.4 Å². The predicted molar refractivity (Wildman–Crippen MR) is 88.3 cm³/mol. The van der Waals surface area contributed by atoms with Crippen LogP contribution in [0.25, 0.3) is 5.57 Å². The molecule has 21 heavy (non-hydrogen) atoms. The van der Waals surface area contributed by atoms with Crippen LogP contribution in [0, 0.1) is 5.41 Å². The number of alkyl halides is 1. The Morgan fingerprint density at radius 1 is 1.33 bits per heavy atom. The summed E-state index contributed by atoms with van der Waals surface area (Å²) in [4.78, 5) is 0.610. The van der Waals surface area contributed by atoms with Crippen molar-refractivity contribution >= 4 is 45.8 Å². The summed E-state index contributed by atoms with van der Waals surface area (Å²) in [5.41, 5.74) is 1.51. The van der Waals surface area contributed by atoms with Gasteiger partial charge in [0.15, 0.2) is 0 Å². The minimum Gasteiger partial charge on any atom is -0.871 e. The van der Waals surface area contributed by atoms with Gasteiger partial charge in [0.05, 0.1) is 5.38 Å². The van der Waals surface area contributed by atoms with Gasteiger partial charge in [-0.15, -0.1) is 22.9 Å². The van der Waals surface area contributed by atoms with E-state index < -0.39 is 0 Å². The van der Waals surface area contributed by atoms with Crippen LogP contribution in [0.2, 0.25) is 0 Å². The number of allylic oxidation sites excluding steroid dienone is 6. The number of nitrogens with one attached hydrogen (secondary N) is 1. The number of hydrogen-bond donors (Lipinski definition) is 1. The molecule has 0 saturated heterocycles. The van der Waals surface area contributed by atoms with E-state index in [0.29, 0.717) is 15.5 Å². The molecule has 0 aliphatic heterocycles. The first-order valence-corrected chi connectivity index (χ1v) is 7.94. The average molecular weight is 368 g/mol. The molecule has 6 heteroatoms. The Kier molecular flexibility index (Phi) is 10.7. The van der Waals surface area contributed by atoms with Gasteiger partial charge in [0.1, 0.15) is 0 Å². The van der Waals surface area contributed by atoms with Gasteiger partial charge in [-0.25, -0.2) is 0 Å². The molecule has 0 bridgehead atoms. The van der Waals surface area contributed by atoms with Crippen molar-refractivity contribution in [3.05, 3.63) is 45.2 Å². The summed E-state index contributed by atoms with van der Waals surface area (Å²) in [5, 5.41) is 21.5. The first-order valence-electron chi connectivity index (χ1n) is 6.24. The molecule has 1 N–H and O–H groups in total. The minimum absolute atomic E-state index is 0. The van der Waals surface area contributed by atoms with E-state index in [1.807, 2.05) is 13.8 Å². The zero-order chi connectivity index (χ0) is 15.3. The van der Waals surface area contributed by atoms with Gasteiger partial charge in [-0.3, -0.25) is 0 Å². The Labute approximate surface area is 182 Å². The Morgan fingerprint density at radius 2 is 1.95 bits per heavy atom. The fourth-order valence-electron chi connectivity index (χ4n) is 1.55. The van der Waals surface area contributed by atoms with Crippen molar-refractivity contribution in [3.63, 3.8) is 0 Å². The summed E-state index contributed by atoms with van der Waals surface area (Å²) in [7, 11) is 0. The maximum atomic E-state index is 12.1. The van der Waals surface area contributed by atoms with Gasteiger partial charge in [0.25, 0.3) is 0 Å². The van der Waals surface area contributed by atoms with E-state index >= 15 is 0 Å².